The molecule has 2 heterocycles. The van der Waals surface area contributed by atoms with Crippen molar-refractivity contribution in [1.82, 2.24) is 9.88 Å². The van der Waals surface area contributed by atoms with Crippen LogP contribution in [-0.4, -0.2) is 68.5 Å². The Morgan fingerprint density at radius 3 is 2.35 bits per heavy atom. The topological polar surface area (TPSA) is 112 Å². The van der Waals surface area contributed by atoms with Gasteiger partial charge in [-0.2, -0.15) is 0 Å². The fourth-order valence-electron chi connectivity index (χ4n) is 4.26. The van der Waals surface area contributed by atoms with Gasteiger partial charge in [-0.05, 0) is 47.9 Å². The van der Waals surface area contributed by atoms with E-state index in [1.54, 1.807) is 31.3 Å². The number of piperazine rings is 1. The summed E-state index contributed by atoms with van der Waals surface area (Å²) in [7, 11) is -1.98. The summed E-state index contributed by atoms with van der Waals surface area (Å²) in [6.07, 6.45) is 1.33. The van der Waals surface area contributed by atoms with Gasteiger partial charge in [-0.3, -0.25) is 4.72 Å². The predicted molar refractivity (Wildman–Crippen MR) is 146 cm³/mol. The first-order valence-electron chi connectivity index (χ1n) is 11.9. The van der Waals surface area contributed by atoms with Crippen LogP contribution in [0.3, 0.4) is 0 Å². The molecule has 1 aliphatic heterocycles. The maximum Gasteiger partial charge on any atom is 0.407 e. The van der Waals surface area contributed by atoms with Crippen LogP contribution in [0, 0.1) is 0 Å². The fourth-order valence-corrected chi connectivity index (χ4v) is 5.62. The van der Waals surface area contributed by atoms with Crippen LogP contribution in [0.1, 0.15) is 13.3 Å². The molecule has 0 saturated carbocycles. The summed E-state index contributed by atoms with van der Waals surface area (Å²) < 4.78 is 32.5. The van der Waals surface area contributed by atoms with E-state index >= 15 is 0 Å². The number of aromatic nitrogens is 1. The maximum atomic E-state index is 12.2. The summed E-state index contributed by atoms with van der Waals surface area (Å²) in [6.45, 7) is 4.04. The highest BCUT2D eigenvalue weighted by molar-refractivity contribution is 7.92. The van der Waals surface area contributed by atoms with E-state index in [0.29, 0.717) is 54.8 Å². The number of halogens is 1. The molecule has 196 valence electrons. The van der Waals surface area contributed by atoms with E-state index in [4.69, 9.17) is 21.4 Å². The summed E-state index contributed by atoms with van der Waals surface area (Å²) >= 11 is 6.45. The lowest BCUT2D eigenvalue weighted by atomic mass is 10.0. The average Bonchev–Trinajstić information content (AvgIpc) is 2.89. The summed E-state index contributed by atoms with van der Waals surface area (Å²) in [4.78, 5) is 19.1. The van der Waals surface area contributed by atoms with Gasteiger partial charge in [0.2, 0.25) is 10.0 Å². The van der Waals surface area contributed by atoms with Gasteiger partial charge in [0.05, 0.1) is 18.6 Å². The van der Waals surface area contributed by atoms with Crippen molar-refractivity contribution >= 4 is 39.1 Å². The predicted octanol–water partition coefficient (Wildman–Crippen LogP) is 5.03. The molecule has 37 heavy (non-hydrogen) atoms. The lowest BCUT2D eigenvalue weighted by molar-refractivity contribution is 0.142. The van der Waals surface area contributed by atoms with Crippen LogP contribution in [0.2, 0.25) is 5.15 Å². The van der Waals surface area contributed by atoms with E-state index in [9.17, 15) is 13.2 Å². The Kier molecular flexibility index (Phi) is 8.09. The van der Waals surface area contributed by atoms with E-state index in [1.807, 2.05) is 30.3 Å². The number of nitrogens with zero attached hydrogens (tertiary/aromatic N) is 3. The zero-order valence-electron chi connectivity index (χ0n) is 20.6. The number of carboxylic acid groups (broad SMARTS) is 1. The molecule has 1 fully saturated rings. The molecule has 1 aromatic heterocycles. The second kappa shape index (κ2) is 11.3. The monoisotopic (exact) mass is 544 g/mol. The van der Waals surface area contributed by atoms with E-state index in [1.165, 1.54) is 12.0 Å². The van der Waals surface area contributed by atoms with E-state index in [2.05, 4.69) is 14.6 Å². The van der Waals surface area contributed by atoms with Gasteiger partial charge in [0.1, 0.15) is 10.9 Å². The average molecular weight is 545 g/mol. The van der Waals surface area contributed by atoms with Crippen molar-refractivity contribution in [2.45, 2.75) is 13.3 Å². The van der Waals surface area contributed by atoms with Crippen molar-refractivity contribution in [3.8, 4) is 28.0 Å². The van der Waals surface area contributed by atoms with E-state index < -0.39 is 16.1 Å². The van der Waals surface area contributed by atoms with E-state index in [-0.39, 0.29) is 5.75 Å². The summed E-state index contributed by atoms with van der Waals surface area (Å²) in [5, 5.41) is 9.46. The van der Waals surface area contributed by atoms with Crippen LogP contribution in [0.5, 0.6) is 5.75 Å². The Morgan fingerprint density at radius 1 is 1.05 bits per heavy atom. The number of amides is 1. The summed E-state index contributed by atoms with van der Waals surface area (Å²) in [6, 6.07) is 15.1. The molecule has 1 aliphatic rings. The van der Waals surface area contributed by atoms with E-state index in [0.717, 1.165) is 22.4 Å². The largest absolute Gasteiger partial charge is 0.495 e. The fraction of sp³-hybridized carbons (Fsp3) is 0.308. The number of anilines is 2. The molecule has 0 unspecified atom stereocenters. The zero-order chi connectivity index (χ0) is 26.6. The number of carbonyl (C=O) groups is 1. The minimum atomic E-state index is -3.46. The van der Waals surface area contributed by atoms with Crippen LogP contribution in [0.15, 0.2) is 54.7 Å². The van der Waals surface area contributed by atoms with Gasteiger partial charge in [0.15, 0.2) is 0 Å². The highest BCUT2D eigenvalue weighted by Gasteiger charge is 2.20. The normalized spacial score (nSPS) is 13.9. The Bertz CT molecular complexity index is 1370. The molecule has 2 N–H and O–H groups in total. The van der Waals surface area contributed by atoms with Crippen molar-refractivity contribution in [2.75, 3.05) is 48.7 Å². The third-order valence-electron chi connectivity index (χ3n) is 6.21. The second-order valence-corrected chi connectivity index (χ2v) is 10.9. The molecule has 1 amide bonds. The molecule has 4 rings (SSSR count). The van der Waals surface area contributed by atoms with Crippen LogP contribution in [0.25, 0.3) is 22.3 Å². The number of pyridine rings is 1. The highest BCUT2D eigenvalue weighted by Crippen LogP contribution is 2.36. The van der Waals surface area contributed by atoms with Gasteiger partial charge in [0.25, 0.3) is 0 Å². The van der Waals surface area contributed by atoms with Crippen LogP contribution < -0.4 is 14.4 Å². The van der Waals surface area contributed by atoms with Crippen molar-refractivity contribution in [2.24, 2.45) is 0 Å². The van der Waals surface area contributed by atoms with Gasteiger partial charge < -0.3 is 19.6 Å². The lowest BCUT2D eigenvalue weighted by Gasteiger charge is -2.34. The standard InChI is InChI=1S/C26H29ClN4O5S/c1-3-14-37(34,35)29-23-9-6-19(16-24(23)36-2)22-15-20(17-28-25(22)27)18-4-7-21(8-5-18)30-10-12-31(13-11-30)26(32)33/h4-9,15-17,29H,3,10-14H2,1-2H3,(H,32,33). The van der Waals surface area contributed by atoms with Crippen molar-refractivity contribution < 1.29 is 23.1 Å². The van der Waals surface area contributed by atoms with Crippen LogP contribution in [-0.2, 0) is 10.0 Å². The van der Waals surface area contributed by atoms with Crippen molar-refractivity contribution in [1.29, 1.82) is 0 Å². The Balaban J connectivity index is 1.56. The van der Waals surface area contributed by atoms with Crippen LogP contribution >= 0.6 is 11.6 Å². The first-order chi connectivity index (χ1) is 17.7. The molecule has 2 aromatic carbocycles. The number of benzene rings is 2. The molecular formula is C26H29ClN4O5S. The number of nitrogens with one attached hydrogen (secondary N) is 1. The number of rotatable bonds is 8. The molecular weight excluding hydrogens is 516 g/mol. The summed E-state index contributed by atoms with van der Waals surface area (Å²) in [5.41, 5.74) is 4.64. The highest BCUT2D eigenvalue weighted by atomic mass is 35.5. The molecule has 3 aromatic rings. The molecule has 9 nitrogen and oxygen atoms in total. The molecule has 11 heteroatoms. The first kappa shape index (κ1) is 26.6. The molecule has 0 spiro atoms. The smallest absolute Gasteiger partial charge is 0.407 e. The number of sulfonamides is 1. The number of ether oxygens (including phenoxy) is 1. The lowest BCUT2D eigenvalue weighted by Crippen LogP contribution is -2.48. The number of hydrogen-bond acceptors (Lipinski definition) is 6. The molecule has 0 aliphatic carbocycles. The first-order valence-corrected chi connectivity index (χ1v) is 13.9. The molecule has 0 bridgehead atoms. The maximum absolute atomic E-state index is 12.2. The number of methoxy groups -OCH3 is 1. The SMILES string of the molecule is CCCS(=O)(=O)Nc1ccc(-c2cc(-c3ccc(N4CCN(C(=O)O)CC4)cc3)cnc2Cl)cc1OC. The Labute approximate surface area is 221 Å². The van der Waals surface area contributed by atoms with Gasteiger partial charge in [-0.1, -0.05) is 36.7 Å². The molecule has 1 saturated heterocycles. The number of hydrogen-bond donors (Lipinski definition) is 2. The second-order valence-electron chi connectivity index (χ2n) is 8.70. The Morgan fingerprint density at radius 2 is 1.73 bits per heavy atom. The third-order valence-corrected chi connectivity index (χ3v) is 7.98. The quantitative estimate of drug-likeness (QED) is 0.382. The van der Waals surface area contributed by atoms with Gasteiger partial charge >= 0.3 is 6.09 Å². The summed E-state index contributed by atoms with van der Waals surface area (Å²) in [5.74, 6) is 0.401. The minimum absolute atomic E-state index is 0.0209. The Hall–Kier alpha value is -3.50. The van der Waals surface area contributed by atoms with Gasteiger partial charge in [0, 0.05) is 49.2 Å². The molecule has 0 radical (unpaired) electrons. The molecule has 0 atom stereocenters. The van der Waals surface area contributed by atoms with Gasteiger partial charge in [-0.15, -0.1) is 0 Å². The van der Waals surface area contributed by atoms with Crippen LogP contribution in [0.4, 0.5) is 16.2 Å². The van der Waals surface area contributed by atoms with Crippen molar-refractivity contribution in [3.63, 3.8) is 0 Å². The van der Waals surface area contributed by atoms with Crippen molar-refractivity contribution in [3.05, 3.63) is 59.9 Å². The zero-order valence-corrected chi connectivity index (χ0v) is 22.2. The minimum Gasteiger partial charge on any atom is -0.495 e. The van der Waals surface area contributed by atoms with Gasteiger partial charge in [-0.25, -0.2) is 18.2 Å². The third kappa shape index (κ3) is 6.26.